The molecule has 2 heterocycles. The van der Waals surface area contributed by atoms with E-state index in [-0.39, 0.29) is 5.82 Å². The van der Waals surface area contributed by atoms with Crippen molar-refractivity contribution >= 4 is 17.6 Å². The van der Waals surface area contributed by atoms with Crippen LogP contribution in [0.2, 0.25) is 0 Å². The van der Waals surface area contributed by atoms with E-state index in [4.69, 9.17) is 14.2 Å². The lowest BCUT2D eigenvalue weighted by Crippen LogP contribution is -2.21. The molecule has 1 amide bonds. The van der Waals surface area contributed by atoms with Gasteiger partial charge in [0.1, 0.15) is 19.0 Å². The number of fused-ring (bicyclic) bond motifs is 1. The van der Waals surface area contributed by atoms with Crippen LogP contribution in [0.15, 0.2) is 48.5 Å². The van der Waals surface area contributed by atoms with Crippen molar-refractivity contribution < 1.29 is 28.2 Å². The van der Waals surface area contributed by atoms with E-state index >= 15 is 0 Å². The number of rotatable bonds is 5. The van der Waals surface area contributed by atoms with Crippen LogP contribution in [-0.2, 0) is 9.53 Å². The molecule has 2 aromatic carbocycles. The molecule has 1 aliphatic heterocycles. The number of anilines is 1. The first-order valence-corrected chi connectivity index (χ1v) is 9.74. The zero-order valence-corrected chi connectivity index (χ0v) is 17.1. The number of carbonyl (C=O) groups is 2. The summed E-state index contributed by atoms with van der Waals surface area (Å²) in [7, 11) is 0. The van der Waals surface area contributed by atoms with Crippen molar-refractivity contribution in [3.05, 3.63) is 71.3 Å². The van der Waals surface area contributed by atoms with Gasteiger partial charge in [-0.05, 0) is 56.3 Å². The van der Waals surface area contributed by atoms with Gasteiger partial charge in [0, 0.05) is 28.8 Å². The number of benzene rings is 2. The van der Waals surface area contributed by atoms with E-state index in [1.54, 1.807) is 43.3 Å². The quantitative estimate of drug-likeness (QED) is 0.631. The Kier molecular flexibility index (Phi) is 5.62. The van der Waals surface area contributed by atoms with Crippen molar-refractivity contribution in [2.24, 2.45) is 0 Å². The van der Waals surface area contributed by atoms with Crippen LogP contribution in [-0.4, -0.2) is 36.3 Å². The summed E-state index contributed by atoms with van der Waals surface area (Å²) in [4.78, 5) is 24.8. The van der Waals surface area contributed by atoms with E-state index in [0.29, 0.717) is 41.7 Å². The third-order valence-electron chi connectivity index (χ3n) is 4.90. The summed E-state index contributed by atoms with van der Waals surface area (Å²) in [5.74, 6) is -0.257. The van der Waals surface area contributed by atoms with E-state index in [9.17, 15) is 14.0 Å². The number of carbonyl (C=O) groups excluding carboxylic acids is 2. The van der Waals surface area contributed by atoms with Crippen LogP contribution in [0.1, 0.15) is 21.7 Å². The third kappa shape index (κ3) is 4.37. The highest BCUT2D eigenvalue weighted by atomic mass is 19.1. The molecular formula is C23H21FN2O5. The van der Waals surface area contributed by atoms with Crippen LogP contribution >= 0.6 is 0 Å². The fraction of sp³-hybridized carbons (Fsp3) is 0.217. The third-order valence-corrected chi connectivity index (χ3v) is 4.90. The standard InChI is InChI=1S/C23H21FN2O5/c1-14-11-19(15(2)26(14)18-6-3-16(24)4-7-18)23(28)31-13-22(27)25-17-5-8-20-21(12-17)30-10-9-29-20/h3-8,11-12H,9-10,13H2,1-2H3,(H,25,27). The Bertz CT molecular complexity index is 1140. The number of hydrogen-bond donors (Lipinski definition) is 1. The number of ether oxygens (including phenoxy) is 3. The zero-order chi connectivity index (χ0) is 22.0. The predicted octanol–water partition coefficient (Wildman–Crippen LogP) is 3.80. The van der Waals surface area contributed by atoms with E-state index in [0.717, 1.165) is 11.4 Å². The van der Waals surface area contributed by atoms with Gasteiger partial charge in [-0.25, -0.2) is 9.18 Å². The maximum absolute atomic E-state index is 13.2. The normalized spacial score (nSPS) is 12.4. The average molecular weight is 424 g/mol. The molecule has 0 saturated heterocycles. The van der Waals surface area contributed by atoms with E-state index in [1.807, 2.05) is 11.5 Å². The van der Waals surface area contributed by atoms with Crippen LogP contribution in [0.4, 0.5) is 10.1 Å². The second-order valence-corrected chi connectivity index (χ2v) is 7.08. The molecule has 1 aliphatic rings. The first kappa shape index (κ1) is 20.5. The number of amides is 1. The number of aromatic nitrogens is 1. The minimum absolute atomic E-state index is 0.338. The molecule has 0 aliphatic carbocycles. The van der Waals surface area contributed by atoms with Gasteiger partial charge in [0.25, 0.3) is 5.91 Å². The summed E-state index contributed by atoms with van der Waals surface area (Å²) < 4.78 is 31.2. The van der Waals surface area contributed by atoms with E-state index in [1.165, 1.54) is 12.1 Å². The minimum Gasteiger partial charge on any atom is -0.486 e. The van der Waals surface area contributed by atoms with Gasteiger partial charge in [-0.3, -0.25) is 4.79 Å². The van der Waals surface area contributed by atoms with Crippen molar-refractivity contribution in [3.8, 4) is 17.2 Å². The molecule has 0 bridgehead atoms. The van der Waals surface area contributed by atoms with Gasteiger partial charge in [-0.2, -0.15) is 0 Å². The number of aryl methyl sites for hydroxylation is 1. The lowest BCUT2D eigenvalue weighted by atomic mass is 10.2. The van der Waals surface area contributed by atoms with Crippen LogP contribution in [0.3, 0.4) is 0 Å². The molecule has 8 heteroatoms. The summed E-state index contributed by atoms with van der Waals surface area (Å²) in [5.41, 5.74) is 3.01. The summed E-state index contributed by atoms with van der Waals surface area (Å²) in [6, 6.07) is 12.7. The first-order chi connectivity index (χ1) is 14.9. The van der Waals surface area contributed by atoms with Gasteiger partial charge < -0.3 is 24.1 Å². The topological polar surface area (TPSA) is 78.8 Å². The minimum atomic E-state index is -0.612. The molecular weight excluding hydrogens is 403 g/mol. The Balaban J connectivity index is 1.40. The van der Waals surface area contributed by atoms with Crippen LogP contribution in [0.25, 0.3) is 5.69 Å². The van der Waals surface area contributed by atoms with E-state index in [2.05, 4.69) is 5.32 Å². The Morgan fingerprint density at radius 2 is 1.74 bits per heavy atom. The summed E-state index contributed by atoms with van der Waals surface area (Å²) in [6.45, 7) is 4.09. The molecule has 0 radical (unpaired) electrons. The Morgan fingerprint density at radius 1 is 1.03 bits per heavy atom. The zero-order valence-electron chi connectivity index (χ0n) is 17.1. The van der Waals surface area contributed by atoms with Gasteiger partial charge in [0.05, 0.1) is 5.56 Å². The van der Waals surface area contributed by atoms with Gasteiger partial charge in [-0.1, -0.05) is 0 Å². The molecule has 1 aromatic heterocycles. The van der Waals surface area contributed by atoms with Crippen molar-refractivity contribution in [3.63, 3.8) is 0 Å². The molecule has 0 saturated carbocycles. The van der Waals surface area contributed by atoms with Gasteiger partial charge in [-0.15, -0.1) is 0 Å². The van der Waals surface area contributed by atoms with Crippen molar-refractivity contribution in [2.45, 2.75) is 13.8 Å². The first-order valence-electron chi connectivity index (χ1n) is 9.74. The smallest absolute Gasteiger partial charge is 0.340 e. The monoisotopic (exact) mass is 424 g/mol. The van der Waals surface area contributed by atoms with Crippen molar-refractivity contribution in [1.29, 1.82) is 0 Å². The largest absolute Gasteiger partial charge is 0.486 e. The number of nitrogens with zero attached hydrogens (tertiary/aromatic N) is 1. The predicted molar refractivity (Wildman–Crippen MR) is 112 cm³/mol. The molecule has 0 atom stereocenters. The highest BCUT2D eigenvalue weighted by molar-refractivity contribution is 5.96. The molecule has 160 valence electrons. The second-order valence-electron chi connectivity index (χ2n) is 7.08. The van der Waals surface area contributed by atoms with Gasteiger partial charge in [0.2, 0.25) is 0 Å². The maximum Gasteiger partial charge on any atom is 0.340 e. The molecule has 31 heavy (non-hydrogen) atoms. The number of nitrogens with one attached hydrogen (secondary N) is 1. The molecule has 0 unspecified atom stereocenters. The Morgan fingerprint density at radius 3 is 2.48 bits per heavy atom. The second kappa shape index (κ2) is 8.51. The SMILES string of the molecule is Cc1cc(C(=O)OCC(=O)Nc2ccc3c(c2)OCCO3)c(C)n1-c1ccc(F)cc1. The van der Waals surface area contributed by atoms with Crippen LogP contribution in [0, 0.1) is 19.7 Å². The Labute approximate surface area is 178 Å². The molecule has 0 spiro atoms. The lowest BCUT2D eigenvalue weighted by Gasteiger charge is -2.19. The number of hydrogen-bond acceptors (Lipinski definition) is 5. The molecule has 0 fully saturated rings. The summed E-state index contributed by atoms with van der Waals surface area (Å²) >= 11 is 0. The molecule has 4 rings (SSSR count). The highest BCUT2D eigenvalue weighted by Crippen LogP contribution is 2.32. The van der Waals surface area contributed by atoms with E-state index < -0.39 is 18.5 Å². The highest BCUT2D eigenvalue weighted by Gasteiger charge is 2.19. The fourth-order valence-corrected chi connectivity index (χ4v) is 3.48. The Hall–Kier alpha value is -3.81. The van der Waals surface area contributed by atoms with Crippen molar-refractivity contribution in [2.75, 3.05) is 25.1 Å². The average Bonchev–Trinajstić information content (AvgIpc) is 3.06. The molecule has 7 nitrogen and oxygen atoms in total. The fourth-order valence-electron chi connectivity index (χ4n) is 3.48. The van der Waals surface area contributed by atoms with Gasteiger partial charge in [0.15, 0.2) is 18.1 Å². The molecule has 1 N–H and O–H groups in total. The van der Waals surface area contributed by atoms with Gasteiger partial charge >= 0.3 is 5.97 Å². The summed E-state index contributed by atoms with van der Waals surface area (Å²) in [5, 5.41) is 2.67. The van der Waals surface area contributed by atoms with Crippen LogP contribution < -0.4 is 14.8 Å². The number of esters is 1. The number of halogens is 1. The van der Waals surface area contributed by atoms with Crippen molar-refractivity contribution in [1.82, 2.24) is 4.57 Å². The maximum atomic E-state index is 13.2. The molecule has 3 aromatic rings. The summed E-state index contributed by atoms with van der Waals surface area (Å²) in [6.07, 6.45) is 0. The lowest BCUT2D eigenvalue weighted by molar-refractivity contribution is -0.119. The van der Waals surface area contributed by atoms with Crippen LogP contribution in [0.5, 0.6) is 11.5 Å².